The predicted octanol–water partition coefficient (Wildman–Crippen LogP) is 11.2. The fraction of sp³-hybridized carbons (Fsp3) is 0.925. The minimum Gasteiger partial charge on any atom is -0.756 e. The normalized spacial score (nSPS) is 13.9. The number of ether oxygens (including phenoxy) is 2. The lowest BCUT2D eigenvalue weighted by atomic mass is 10.0. The summed E-state index contributed by atoms with van der Waals surface area (Å²) >= 11 is 0. The molecule has 2 atom stereocenters. The second-order valence-electron chi connectivity index (χ2n) is 15.1. The van der Waals surface area contributed by atoms with Crippen LogP contribution in [0.1, 0.15) is 187 Å². The van der Waals surface area contributed by atoms with Crippen molar-refractivity contribution in [2.24, 2.45) is 0 Å². The highest BCUT2D eigenvalue weighted by molar-refractivity contribution is 7.45. The van der Waals surface area contributed by atoms with Gasteiger partial charge in [0, 0.05) is 6.42 Å². The highest BCUT2D eigenvalue weighted by Crippen LogP contribution is 2.38. The highest BCUT2D eigenvalue weighted by Gasteiger charge is 2.20. The molecule has 0 spiro atoms. The number of hydrogen-bond acceptors (Lipinski definition) is 7. The van der Waals surface area contributed by atoms with Gasteiger partial charge < -0.3 is 27.9 Å². The number of allylic oxidation sites excluding steroid dienone is 1. The van der Waals surface area contributed by atoms with E-state index in [0.29, 0.717) is 17.4 Å². The van der Waals surface area contributed by atoms with E-state index >= 15 is 0 Å². The van der Waals surface area contributed by atoms with E-state index in [0.717, 1.165) is 32.1 Å². The van der Waals surface area contributed by atoms with Crippen LogP contribution in [0, 0.1) is 0 Å². The van der Waals surface area contributed by atoms with E-state index < -0.39 is 13.9 Å². The van der Waals surface area contributed by atoms with Crippen molar-refractivity contribution in [3.05, 3.63) is 12.3 Å². The molecule has 0 radical (unpaired) electrons. The van der Waals surface area contributed by atoms with E-state index in [9.17, 15) is 14.3 Å². The molecular formula is C40H80NO7P. The minimum atomic E-state index is -4.53. The molecule has 0 N–H and O–H groups in total. The topological polar surface area (TPSA) is 94.1 Å². The smallest absolute Gasteiger partial charge is 0.306 e. The van der Waals surface area contributed by atoms with Gasteiger partial charge in [0.05, 0.1) is 34.0 Å². The molecule has 0 heterocycles. The van der Waals surface area contributed by atoms with Gasteiger partial charge in [-0.2, -0.15) is 0 Å². The molecule has 49 heavy (non-hydrogen) atoms. The lowest BCUT2D eigenvalue weighted by molar-refractivity contribution is -0.870. The molecule has 0 aliphatic heterocycles. The van der Waals surface area contributed by atoms with Gasteiger partial charge in [-0.15, -0.1) is 0 Å². The molecule has 0 rings (SSSR count). The minimum absolute atomic E-state index is 0.0200. The maximum atomic E-state index is 12.6. The summed E-state index contributed by atoms with van der Waals surface area (Å²) in [5.74, 6) is -0.354. The van der Waals surface area contributed by atoms with E-state index in [1.165, 1.54) is 135 Å². The summed E-state index contributed by atoms with van der Waals surface area (Å²) in [6, 6.07) is 0. The predicted molar refractivity (Wildman–Crippen MR) is 203 cm³/mol. The summed E-state index contributed by atoms with van der Waals surface area (Å²) in [4.78, 5) is 24.9. The number of phosphoric acid groups is 1. The van der Waals surface area contributed by atoms with Gasteiger partial charge >= 0.3 is 5.97 Å². The Morgan fingerprint density at radius 2 is 1.06 bits per heavy atom. The number of phosphoric ester groups is 1. The van der Waals surface area contributed by atoms with Crippen LogP contribution < -0.4 is 4.89 Å². The number of carbonyl (C=O) groups is 1. The molecule has 0 saturated heterocycles. The van der Waals surface area contributed by atoms with Crippen molar-refractivity contribution in [3.8, 4) is 0 Å². The first kappa shape index (κ1) is 48.1. The molecule has 0 aliphatic rings. The average molecular weight is 718 g/mol. The molecule has 0 fully saturated rings. The lowest BCUT2D eigenvalue weighted by Gasteiger charge is -2.28. The summed E-state index contributed by atoms with van der Waals surface area (Å²) in [5, 5.41) is 0. The van der Waals surface area contributed by atoms with Crippen LogP contribution in [0.15, 0.2) is 12.3 Å². The highest BCUT2D eigenvalue weighted by atomic mass is 31.2. The second kappa shape index (κ2) is 34.2. The number of quaternary nitrogens is 1. The molecule has 9 heteroatoms. The Balaban J connectivity index is 4.31. The zero-order chi connectivity index (χ0) is 36.3. The number of likely N-dealkylation sites (N-methyl/N-ethyl adjacent to an activating group) is 1. The zero-order valence-electron chi connectivity index (χ0n) is 32.9. The van der Waals surface area contributed by atoms with E-state index in [2.05, 4.69) is 13.8 Å². The van der Waals surface area contributed by atoms with E-state index in [-0.39, 0.29) is 25.8 Å². The molecule has 292 valence electrons. The number of hydrogen-bond donors (Lipinski definition) is 0. The quantitative estimate of drug-likeness (QED) is 0.0206. The third-order valence-corrected chi connectivity index (χ3v) is 9.88. The van der Waals surface area contributed by atoms with Crippen molar-refractivity contribution in [2.75, 3.05) is 47.5 Å². The van der Waals surface area contributed by atoms with Gasteiger partial charge in [0.1, 0.15) is 19.8 Å². The van der Waals surface area contributed by atoms with Crippen LogP contribution in [0.25, 0.3) is 0 Å². The van der Waals surface area contributed by atoms with Crippen LogP contribution in [0.3, 0.4) is 0 Å². The van der Waals surface area contributed by atoms with Gasteiger partial charge in [0.15, 0.2) is 6.10 Å². The standard InChI is InChI=1S/C40H80NO7P/c1-6-8-10-12-14-16-18-20-22-24-26-28-30-32-35-45-37-39(38-47-49(43,44)46-36-34-41(3,4)5)48-40(42)33-31-29-27-25-23-21-19-17-15-13-11-9-7-2/h32,35,39H,6-31,33-34,36-38H2,1-5H3/t39-/m1/s1. The van der Waals surface area contributed by atoms with E-state index in [4.69, 9.17) is 18.5 Å². The lowest BCUT2D eigenvalue weighted by Crippen LogP contribution is -2.37. The third-order valence-electron chi connectivity index (χ3n) is 8.91. The van der Waals surface area contributed by atoms with Crippen LogP contribution in [-0.4, -0.2) is 64.1 Å². The van der Waals surface area contributed by atoms with Crippen molar-refractivity contribution < 1.29 is 37.3 Å². The first-order valence-corrected chi connectivity index (χ1v) is 21.9. The zero-order valence-corrected chi connectivity index (χ0v) is 33.8. The molecule has 0 aromatic heterocycles. The van der Waals surface area contributed by atoms with Crippen molar-refractivity contribution in [1.29, 1.82) is 0 Å². The maximum absolute atomic E-state index is 12.6. The van der Waals surface area contributed by atoms with Crippen LogP contribution in [0.4, 0.5) is 0 Å². The van der Waals surface area contributed by atoms with E-state index in [1.807, 2.05) is 27.2 Å². The molecular weight excluding hydrogens is 637 g/mol. The van der Waals surface area contributed by atoms with Gasteiger partial charge in [0.25, 0.3) is 7.82 Å². The summed E-state index contributed by atoms with van der Waals surface area (Å²) < 4.78 is 34.2. The van der Waals surface area contributed by atoms with Crippen LogP contribution in [0.5, 0.6) is 0 Å². The SMILES string of the molecule is CCCCCCCCCCCCCCC=COC[C@H](COP(=O)([O-])OCC[N+](C)(C)C)OC(=O)CCCCCCCCCCCCCCC. The number of unbranched alkanes of at least 4 members (excludes halogenated alkanes) is 24. The van der Waals surface area contributed by atoms with Crippen LogP contribution in [0.2, 0.25) is 0 Å². The summed E-state index contributed by atoms with van der Waals surface area (Å²) in [5.41, 5.74) is 0. The van der Waals surface area contributed by atoms with Gasteiger partial charge in [-0.05, 0) is 25.3 Å². The van der Waals surface area contributed by atoms with E-state index in [1.54, 1.807) is 6.26 Å². The van der Waals surface area contributed by atoms with Gasteiger partial charge in [0.2, 0.25) is 0 Å². The van der Waals surface area contributed by atoms with Crippen molar-refractivity contribution >= 4 is 13.8 Å². The first-order valence-electron chi connectivity index (χ1n) is 20.5. The Hall–Kier alpha value is -0.920. The van der Waals surface area contributed by atoms with Gasteiger partial charge in [-0.3, -0.25) is 9.36 Å². The molecule has 8 nitrogen and oxygen atoms in total. The Kier molecular flexibility index (Phi) is 33.5. The summed E-state index contributed by atoms with van der Waals surface area (Å²) in [6.07, 6.45) is 35.9. The molecule has 0 aromatic carbocycles. The van der Waals surface area contributed by atoms with Crippen LogP contribution in [-0.2, 0) is 27.9 Å². The van der Waals surface area contributed by atoms with Crippen molar-refractivity contribution in [3.63, 3.8) is 0 Å². The maximum Gasteiger partial charge on any atom is 0.306 e. The van der Waals surface area contributed by atoms with Gasteiger partial charge in [-0.25, -0.2) is 0 Å². The monoisotopic (exact) mass is 718 g/mol. The van der Waals surface area contributed by atoms with Crippen molar-refractivity contribution in [1.82, 2.24) is 0 Å². The number of carbonyl (C=O) groups excluding carboxylic acids is 1. The molecule has 1 unspecified atom stereocenters. The third kappa shape index (κ3) is 38.1. The second-order valence-corrected chi connectivity index (χ2v) is 16.5. The fourth-order valence-corrected chi connectivity index (χ4v) is 6.42. The Bertz CT molecular complexity index is 802. The average Bonchev–Trinajstić information content (AvgIpc) is 3.04. The van der Waals surface area contributed by atoms with Crippen LogP contribution >= 0.6 is 7.82 Å². The summed E-state index contributed by atoms with van der Waals surface area (Å²) in [6.45, 7) is 4.75. The molecule has 0 amide bonds. The van der Waals surface area contributed by atoms with Gasteiger partial charge in [-0.1, -0.05) is 162 Å². The molecule has 0 bridgehead atoms. The Morgan fingerprint density at radius 3 is 1.51 bits per heavy atom. The Labute approximate surface area is 303 Å². The van der Waals surface area contributed by atoms with Crippen molar-refractivity contribution in [2.45, 2.75) is 193 Å². The number of rotatable bonds is 38. The number of nitrogens with zero attached hydrogens (tertiary/aromatic N) is 1. The molecule has 0 aliphatic carbocycles. The molecule has 0 saturated carbocycles. The number of esters is 1. The molecule has 0 aromatic rings. The first-order chi connectivity index (χ1) is 23.6. The largest absolute Gasteiger partial charge is 0.756 e. The fourth-order valence-electron chi connectivity index (χ4n) is 5.69. The Morgan fingerprint density at radius 1 is 0.633 bits per heavy atom. The summed E-state index contributed by atoms with van der Waals surface area (Å²) in [7, 11) is 1.33.